The zero-order chi connectivity index (χ0) is 14.3. The first-order chi connectivity index (χ1) is 9.08. The fraction of sp³-hybridized carbons (Fsp3) is 0.286. The number of benzene rings is 1. The van der Waals surface area contributed by atoms with Crippen molar-refractivity contribution in [1.82, 2.24) is 0 Å². The van der Waals surface area contributed by atoms with E-state index < -0.39 is 17.8 Å². The lowest BCUT2D eigenvalue weighted by molar-refractivity contribution is -0.136. The third-order valence-electron chi connectivity index (χ3n) is 2.05. The molecule has 0 aliphatic carbocycles. The molecular formula is C14H13FO4. The van der Waals surface area contributed by atoms with Gasteiger partial charge in [0, 0.05) is 11.5 Å². The summed E-state index contributed by atoms with van der Waals surface area (Å²) in [5.41, 5.74) is 0.120. The predicted molar refractivity (Wildman–Crippen MR) is 65.9 cm³/mol. The van der Waals surface area contributed by atoms with Gasteiger partial charge in [0.2, 0.25) is 0 Å². The summed E-state index contributed by atoms with van der Waals surface area (Å²) in [6.45, 7) is 3.67. The highest BCUT2D eigenvalue weighted by atomic mass is 19.1. The van der Waals surface area contributed by atoms with Crippen LogP contribution in [-0.2, 0) is 14.3 Å². The van der Waals surface area contributed by atoms with Crippen LogP contribution in [0.3, 0.4) is 0 Å². The van der Waals surface area contributed by atoms with Crippen LogP contribution in [0, 0.1) is 17.7 Å². The van der Waals surface area contributed by atoms with Crippen molar-refractivity contribution < 1.29 is 23.5 Å². The van der Waals surface area contributed by atoms with Crippen LogP contribution in [-0.4, -0.2) is 25.2 Å². The smallest absolute Gasteiger partial charge is 0.384 e. The molecule has 100 valence electrons. The lowest BCUT2D eigenvalue weighted by Gasteiger charge is -2.03. The molecule has 0 fully saturated rings. The number of esters is 2. The third-order valence-corrected chi connectivity index (χ3v) is 2.05. The average Bonchev–Trinajstić information content (AvgIpc) is 2.38. The number of ether oxygens (including phenoxy) is 2. The zero-order valence-electron chi connectivity index (χ0n) is 10.7. The lowest BCUT2D eigenvalue weighted by Crippen LogP contribution is -2.07. The Morgan fingerprint density at radius 1 is 1.21 bits per heavy atom. The lowest BCUT2D eigenvalue weighted by atomic mass is 10.1. The van der Waals surface area contributed by atoms with Crippen molar-refractivity contribution in [2.75, 3.05) is 13.2 Å². The van der Waals surface area contributed by atoms with Crippen molar-refractivity contribution in [3.05, 3.63) is 35.1 Å². The van der Waals surface area contributed by atoms with Crippen LogP contribution < -0.4 is 0 Å². The number of carbonyl (C=O) groups excluding carboxylic acids is 2. The Labute approximate surface area is 110 Å². The van der Waals surface area contributed by atoms with Gasteiger partial charge in [-0.15, -0.1) is 0 Å². The van der Waals surface area contributed by atoms with Gasteiger partial charge in [-0.1, -0.05) is 5.92 Å². The Morgan fingerprint density at radius 3 is 2.53 bits per heavy atom. The van der Waals surface area contributed by atoms with Gasteiger partial charge in [-0.3, -0.25) is 0 Å². The Bertz CT molecular complexity index is 540. The molecule has 0 saturated carbocycles. The maximum Gasteiger partial charge on any atom is 0.384 e. The first-order valence-corrected chi connectivity index (χ1v) is 5.74. The minimum absolute atomic E-state index is 0.150. The molecule has 0 N–H and O–H groups in total. The average molecular weight is 264 g/mol. The maximum absolute atomic E-state index is 13.4. The van der Waals surface area contributed by atoms with Gasteiger partial charge in [-0.25, -0.2) is 14.0 Å². The predicted octanol–water partition coefficient (Wildman–Crippen LogP) is 1.92. The minimum atomic E-state index is -0.764. The number of hydrogen-bond acceptors (Lipinski definition) is 4. The molecule has 1 aromatic carbocycles. The summed E-state index contributed by atoms with van der Waals surface area (Å²) in [5.74, 6) is 2.59. The van der Waals surface area contributed by atoms with Crippen LogP contribution in [0.4, 0.5) is 4.39 Å². The summed E-state index contributed by atoms with van der Waals surface area (Å²) in [7, 11) is 0. The van der Waals surface area contributed by atoms with Crippen LogP contribution >= 0.6 is 0 Å². The van der Waals surface area contributed by atoms with Crippen molar-refractivity contribution in [1.29, 1.82) is 0 Å². The van der Waals surface area contributed by atoms with Gasteiger partial charge in [0.25, 0.3) is 0 Å². The van der Waals surface area contributed by atoms with E-state index in [1.807, 2.05) is 0 Å². The van der Waals surface area contributed by atoms with Crippen molar-refractivity contribution in [3.8, 4) is 11.8 Å². The summed E-state index contributed by atoms with van der Waals surface area (Å²) in [4.78, 5) is 22.5. The summed E-state index contributed by atoms with van der Waals surface area (Å²) in [6, 6.07) is 3.70. The summed E-state index contributed by atoms with van der Waals surface area (Å²) < 4.78 is 22.8. The van der Waals surface area contributed by atoms with Gasteiger partial charge >= 0.3 is 11.9 Å². The van der Waals surface area contributed by atoms with Gasteiger partial charge in [0.05, 0.1) is 18.8 Å². The highest BCUT2D eigenvalue weighted by Crippen LogP contribution is 2.11. The van der Waals surface area contributed by atoms with Gasteiger partial charge in [-0.05, 0) is 32.0 Å². The third kappa shape index (κ3) is 4.43. The molecule has 0 aromatic heterocycles. The molecule has 1 aromatic rings. The number of hydrogen-bond donors (Lipinski definition) is 0. The van der Waals surface area contributed by atoms with E-state index in [9.17, 15) is 14.0 Å². The second-order valence-electron chi connectivity index (χ2n) is 3.39. The highest BCUT2D eigenvalue weighted by molar-refractivity contribution is 5.91. The molecule has 4 nitrogen and oxygen atoms in total. The monoisotopic (exact) mass is 264 g/mol. The van der Waals surface area contributed by atoms with Crippen LogP contribution in [0.25, 0.3) is 0 Å². The number of carbonyl (C=O) groups is 2. The van der Waals surface area contributed by atoms with E-state index in [0.717, 1.165) is 6.07 Å². The molecule has 0 aliphatic rings. The van der Waals surface area contributed by atoms with E-state index >= 15 is 0 Å². The van der Waals surface area contributed by atoms with Gasteiger partial charge in [-0.2, -0.15) is 0 Å². The molecule has 0 aliphatic heterocycles. The van der Waals surface area contributed by atoms with E-state index in [1.165, 1.54) is 12.1 Å². The molecular weight excluding hydrogens is 251 g/mol. The van der Waals surface area contributed by atoms with E-state index in [0.29, 0.717) is 5.56 Å². The fourth-order valence-corrected chi connectivity index (χ4v) is 1.26. The Balaban J connectivity index is 2.96. The normalized spacial score (nSPS) is 9.21. The van der Waals surface area contributed by atoms with E-state index in [2.05, 4.69) is 16.6 Å². The molecule has 1 rings (SSSR count). The molecule has 0 heterocycles. The Kier molecular flexibility index (Phi) is 5.55. The van der Waals surface area contributed by atoms with Crippen LogP contribution in [0.2, 0.25) is 0 Å². The maximum atomic E-state index is 13.4. The largest absolute Gasteiger partial charge is 0.462 e. The second-order valence-corrected chi connectivity index (χ2v) is 3.39. The molecule has 0 unspecified atom stereocenters. The Hall–Kier alpha value is -2.35. The second kappa shape index (κ2) is 7.17. The van der Waals surface area contributed by atoms with E-state index in [4.69, 9.17) is 4.74 Å². The summed E-state index contributed by atoms with van der Waals surface area (Å²) >= 11 is 0. The molecule has 0 atom stereocenters. The molecule has 0 saturated heterocycles. The first-order valence-electron chi connectivity index (χ1n) is 5.74. The number of rotatable bonds is 3. The molecule has 0 bridgehead atoms. The van der Waals surface area contributed by atoms with Crippen molar-refractivity contribution in [2.24, 2.45) is 0 Å². The summed E-state index contributed by atoms with van der Waals surface area (Å²) in [6.07, 6.45) is 0. The standard InChI is InChI=1S/C14H13FO4/c1-3-18-13(16)8-6-10-5-7-12(15)11(9-10)14(17)19-4-2/h5,7,9H,3-4H2,1-2H3. The van der Waals surface area contributed by atoms with Crippen LogP contribution in [0.1, 0.15) is 29.8 Å². The van der Waals surface area contributed by atoms with E-state index in [-0.39, 0.29) is 18.8 Å². The quantitative estimate of drug-likeness (QED) is 0.618. The molecule has 0 radical (unpaired) electrons. The number of halogens is 1. The molecule has 5 heteroatoms. The fourth-order valence-electron chi connectivity index (χ4n) is 1.26. The topological polar surface area (TPSA) is 52.6 Å². The van der Waals surface area contributed by atoms with Crippen LogP contribution in [0.5, 0.6) is 0 Å². The van der Waals surface area contributed by atoms with Gasteiger partial charge < -0.3 is 9.47 Å². The molecule has 0 spiro atoms. The Morgan fingerprint density at radius 2 is 1.89 bits per heavy atom. The molecule has 19 heavy (non-hydrogen) atoms. The summed E-state index contributed by atoms with van der Waals surface area (Å²) in [5, 5.41) is 0. The van der Waals surface area contributed by atoms with Gasteiger partial charge in [0.15, 0.2) is 0 Å². The van der Waals surface area contributed by atoms with Crippen molar-refractivity contribution >= 4 is 11.9 Å². The van der Waals surface area contributed by atoms with Crippen LogP contribution in [0.15, 0.2) is 18.2 Å². The minimum Gasteiger partial charge on any atom is -0.462 e. The van der Waals surface area contributed by atoms with E-state index in [1.54, 1.807) is 13.8 Å². The zero-order valence-corrected chi connectivity index (χ0v) is 10.7. The van der Waals surface area contributed by atoms with Crippen molar-refractivity contribution in [2.45, 2.75) is 13.8 Å². The van der Waals surface area contributed by atoms with Gasteiger partial charge in [0.1, 0.15) is 5.82 Å². The van der Waals surface area contributed by atoms with Crippen molar-refractivity contribution in [3.63, 3.8) is 0 Å². The first kappa shape index (κ1) is 14.7. The highest BCUT2D eigenvalue weighted by Gasteiger charge is 2.12. The molecule has 0 amide bonds. The SMILES string of the molecule is CCOC(=O)C#Cc1ccc(F)c(C(=O)OCC)c1.